The quantitative estimate of drug-likeness (QED) is 0.681. The summed E-state index contributed by atoms with van der Waals surface area (Å²) in [5.74, 6) is 0. The minimum absolute atomic E-state index is 0.144. The van der Waals surface area contributed by atoms with Crippen LogP contribution in [0.1, 0.15) is 13.8 Å². The molecular formula is C6H12O2PbS2. The zero-order valence-corrected chi connectivity index (χ0v) is 12.7. The van der Waals surface area contributed by atoms with Crippen LogP contribution in [0.5, 0.6) is 0 Å². The van der Waals surface area contributed by atoms with Gasteiger partial charge in [-0.25, -0.2) is 0 Å². The Kier molecular flexibility index (Phi) is 5.28. The molecule has 0 N–H and O–H groups in total. The monoisotopic (exact) mass is 388 g/mol. The maximum atomic E-state index is 10.7. The van der Waals surface area contributed by atoms with Crippen molar-refractivity contribution in [3.05, 3.63) is 0 Å². The van der Waals surface area contributed by atoms with Crippen molar-refractivity contribution < 1.29 is 9.59 Å². The van der Waals surface area contributed by atoms with Gasteiger partial charge in [0.2, 0.25) is 0 Å². The molecule has 5 heteroatoms. The normalized spacial score (nSPS) is 11.3. The van der Waals surface area contributed by atoms with E-state index >= 15 is 0 Å². The zero-order chi connectivity index (χ0) is 9.07. The van der Waals surface area contributed by atoms with Gasteiger partial charge in [0, 0.05) is 0 Å². The topological polar surface area (TPSA) is 34.1 Å². The van der Waals surface area contributed by atoms with E-state index in [2.05, 4.69) is 8.97 Å². The summed E-state index contributed by atoms with van der Waals surface area (Å²) in [6.45, 7) is 3.13. The molecule has 0 aliphatic rings. The standard InChI is InChI=1S/2C2H4OS.2CH3.Pb/c2*1-2(3)4;;;/h2*1H3,(H,3,4);2*1H3;/q;;;;+2/p-2. The van der Waals surface area contributed by atoms with Gasteiger partial charge in [-0.2, -0.15) is 0 Å². The third kappa shape index (κ3) is 7.33. The van der Waals surface area contributed by atoms with E-state index in [-0.39, 0.29) is 10.2 Å². The first-order chi connectivity index (χ1) is 4.83. The SMILES string of the molecule is CC(=O)[S][Pb]([CH3])([CH3])[S]C(C)=O. The number of hydrogen-bond donors (Lipinski definition) is 0. The van der Waals surface area contributed by atoms with Crippen molar-refractivity contribution in [1.82, 2.24) is 0 Å². The zero-order valence-electron chi connectivity index (χ0n) is 7.13. The molecule has 0 spiro atoms. The molecule has 0 aliphatic heterocycles. The Bertz CT molecular complexity index is 161. The molecule has 0 saturated heterocycles. The van der Waals surface area contributed by atoms with Gasteiger partial charge in [-0.3, -0.25) is 0 Å². The maximum absolute atomic E-state index is 10.7. The Hall–Kier alpha value is 0.962. The van der Waals surface area contributed by atoms with Crippen LogP contribution in [0.2, 0.25) is 8.97 Å². The van der Waals surface area contributed by atoms with Crippen molar-refractivity contribution in [2.45, 2.75) is 22.8 Å². The summed E-state index contributed by atoms with van der Waals surface area (Å²) in [6, 6.07) is 0. The Morgan fingerprint density at radius 2 is 1.27 bits per heavy atom. The summed E-state index contributed by atoms with van der Waals surface area (Å²) < 4.78 is 4.18. The van der Waals surface area contributed by atoms with Crippen LogP contribution >= 0.6 is 16.6 Å². The second kappa shape index (κ2) is 4.86. The average molecular weight is 387 g/mol. The van der Waals surface area contributed by atoms with Crippen molar-refractivity contribution in [2.24, 2.45) is 0 Å². The fourth-order valence-electron chi connectivity index (χ4n) is 0.713. The molecule has 0 fully saturated rings. The first-order valence-electron chi connectivity index (χ1n) is 3.22. The van der Waals surface area contributed by atoms with Crippen molar-refractivity contribution in [3.63, 3.8) is 0 Å². The van der Waals surface area contributed by atoms with Crippen LogP contribution in [0.25, 0.3) is 0 Å². The van der Waals surface area contributed by atoms with Gasteiger partial charge in [0.15, 0.2) is 0 Å². The summed E-state index contributed by atoms with van der Waals surface area (Å²) in [6.07, 6.45) is 0. The Balaban J connectivity index is 3.99. The first-order valence-corrected chi connectivity index (χ1v) is 22.2. The van der Waals surface area contributed by atoms with Crippen LogP contribution in [0, 0.1) is 0 Å². The van der Waals surface area contributed by atoms with Crippen LogP contribution in [-0.2, 0) is 9.59 Å². The summed E-state index contributed by atoms with van der Waals surface area (Å²) >= 11 is -2.52. The van der Waals surface area contributed by atoms with E-state index in [1.165, 1.54) is 16.6 Å². The molecule has 64 valence electrons. The van der Waals surface area contributed by atoms with Gasteiger partial charge in [0.05, 0.1) is 0 Å². The molecule has 0 aliphatic carbocycles. The van der Waals surface area contributed by atoms with E-state index in [4.69, 9.17) is 0 Å². The number of rotatable bonds is 2. The van der Waals surface area contributed by atoms with Gasteiger partial charge >= 0.3 is 77.4 Å². The molecule has 0 saturated carbocycles. The molecule has 0 atom stereocenters. The molecule has 2 nitrogen and oxygen atoms in total. The molecule has 0 rings (SSSR count). The van der Waals surface area contributed by atoms with Crippen LogP contribution in [-0.4, -0.2) is 28.4 Å². The van der Waals surface area contributed by atoms with Crippen molar-refractivity contribution in [3.8, 4) is 0 Å². The van der Waals surface area contributed by atoms with Crippen molar-refractivity contribution >= 4 is 45.0 Å². The van der Waals surface area contributed by atoms with Crippen molar-refractivity contribution in [2.75, 3.05) is 0 Å². The molecule has 0 amide bonds. The second-order valence-electron chi connectivity index (χ2n) is 2.59. The fourth-order valence-corrected chi connectivity index (χ4v) is 26.0. The average Bonchev–Trinajstić information content (AvgIpc) is 1.53. The molecule has 0 aromatic carbocycles. The third-order valence-electron chi connectivity index (χ3n) is 0.779. The Morgan fingerprint density at radius 1 is 1.00 bits per heavy atom. The molecule has 0 heterocycles. The number of carbonyl (C=O) groups is 2. The third-order valence-corrected chi connectivity index (χ3v) is 24.9. The van der Waals surface area contributed by atoms with Gasteiger partial charge in [-0.05, 0) is 0 Å². The van der Waals surface area contributed by atoms with E-state index in [1.54, 1.807) is 13.8 Å². The predicted octanol–water partition coefficient (Wildman–Crippen LogP) is 2.25. The van der Waals surface area contributed by atoms with E-state index in [0.717, 1.165) is 0 Å². The van der Waals surface area contributed by atoms with Crippen LogP contribution < -0.4 is 0 Å². The van der Waals surface area contributed by atoms with Gasteiger partial charge in [-0.15, -0.1) is 0 Å². The van der Waals surface area contributed by atoms with Gasteiger partial charge in [0.1, 0.15) is 0 Å². The summed E-state index contributed by atoms with van der Waals surface area (Å²) in [5.41, 5.74) is 0. The summed E-state index contributed by atoms with van der Waals surface area (Å²) in [5, 5.41) is 0.288. The number of hydrogen-bond acceptors (Lipinski definition) is 4. The van der Waals surface area contributed by atoms with E-state index in [1.807, 2.05) is 0 Å². The number of carbonyl (C=O) groups excluding carboxylic acids is 2. The van der Waals surface area contributed by atoms with E-state index in [9.17, 15) is 9.59 Å². The van der Waals surface area contributed by atoms with E-state index < -0.39 is 18.2 Å². The van der Waals surface area contributed by atoms with Gasteiger partial charge in [-0.1, -0.05) is 0 Å². The molecule has 11 heavy (non-hydrogen) atoms. The Labute approximate surface area is 76.8 Å². The minimum atomic E-state index is -2.52. The molecule has 0 radical (unpaired) electrons. The summed E-state index contributed by atoms with van der Waals surface area (Å²) in [4.78, 5) is 21.5. The van der Waals surface area contributed by atoms with Crippen LogP contribution in [0.15, 0.2) is 0 Å². The van der Waals surface area contributed by atoms with Crippen molar-refractivity contribution in [1.29, 1.82) is 0 Å². The van der Waals surface area contributed by atoms with Gasteiger partial charge in [0.25, 0.3) is 0 Å². The van der Waals surface area contributed by atoms with Crippen LogP contribution in [0.4, 0.5) is 0 Å². The molecule has 0 unspecified atom stereocenters. The molecule has 0 aromatic rings. The van der Waals surface area contributed by atoms with Crippen LogP contribution in [0.3, 0.4) is 0 Å². The second-order valence-corrected chi connectivity index (χ2v) is 40.0. The molecule has 0 bridgehead atoms. The molecule has 0 aromatic heterocycles. The Morgan fingerprint density at radius 3 is 1.45 bits per heavy atom. The predicted molar refractivity (Wildman–Crippen MR) is 54.0 cm³/mol. The molecular weight excluding hydrogens is 375 g/mol. The first kappa shape index (κ1) is 12.0. The van der Waals surface area contributed by atoms with E-state index in [0.29, 0.717) is 0 Å². The van der Waals surface area contributed by atoms with Gasteiger partial charge < -0.3 is 0 Å². The summed E-state index contributed by atoms with van der Waals surface area (Å²) in [7, 11) is 2.82. The fraction of sp³-hybridized carbons (Fsp3) is 0.667.